The van der Waals surface area contributed by atoms with Crippen LogP contribution in [0.25, 0.3) is 0 Å². The third-order valence-electron chi connectivity index (χ3n) is 3.93. The summed E-state index contributed by atoms with van der Waals surface area (Å²) in [6.07, 6.45) is 0. The fraction of sp³-hybridized carbons (Fsp3) is 0.278. The Kier molecular flexibility index (Phi) is 5.95. The Balaban J connectivity index is 1.70. The van der Waals surface area contributed by atoms with Gasteiger partial charge in [-0.1, -0.05) is 12.1 Å². The number of esters is 1. The van der Waals surface area contributed by atoms with Crippen molar-refractivity contribution in [1.82, 2.24) is 4.90 Å². The van der Waals surface area contributed by atoms with Gasteiger partial charge in [-0.2, -0.15) is 0 Å². The number of nitrogens with zero attached hydrogens (tertiary/aromatic N) is 1. The number of hydrogen-bond donors (Lipinski definition) is 1. The van der Waals surface area contributed by atoms with Crippen molar-refractivity contribution in [3.63, 3.8) is 0 Å². The summed E-state index contributed by atoms with van der Waals surface area (Å²) in [5.41, 5.74) is 1.04. The molecule has 26 heavy (non-hydrogen) atoms. The Labute approximate surface area is 159 Å². The third-order valence-corrected chi connectivity index (χ3v) is 5.96. The second kappa shape index (κ2) is 8.37. The summed E-state index contributed by atoms with van der Waals surface area (Å²) >= 11 is 2.85. The van der Waals surface area contributed by atoms with E-state index in [1.807, 2.05) is 11.4 Å². The molecule has 1 aliphatic rings. The maximum absolute atomic E-state index is 12.8. The SMILES string of the molecule is COC(=O)[C@H]1CN(C(=O)c2cccc(NC(=O)c3cccs3)c2)CCS1. The van der Waals surface area contributed by atoms with Crippen molar-refractivity contribution in [3.05, 3.63) is 52.2 Å². The van der Waals surface area contributed by atoms with Crippen LogP contribution in [0.5, 0.6) is 0 Å². The lowest BCUT2D eigenvalue weighted by molar-refractivity contribution is -0.140. The molecule has 0 spiro atoms. The van der Waals surface area contributed by atoms with E-state index in [0.717, 1.165) is 0 Å². The van der Waals surface area contributed by atoms with Gasteiger partial charge in [-0.15, -0.1) is 23.1 Å². The van der Waals surface area contributed by atoms with Gasteiger partial charge in [0.2, 0.25) is 0 Å². The molecule has 6 nitrogen and oxygen atoms in total. The molecule has 1 saturated heterocycles. The van der Waals surface area contributed by atoms with Gasteiger partial charge in [-0.05, 0) is 29.6 Å². The molecule has 1 aliphatic heterocycles. The van der Waals surface area contributed by atoms with Crippen molar-refractivity contribution >= 4 is 46.6 Å². The van der Waals surface area contributed by atoms with Gasteiger partial charge in [-0.25, -0.2) is 0 Å². The lowest BCUT2D eigenvalue weighted by Gasteiger charge is -2.31. The van der Waals surface area contributed by atoms with E-state index in [0.29, 0.717) is 35.0 Å². The Hall–Kier alpha value is -2.32. The van der Waals surface area contributed by atoms with Gasteiger partial charge in [0, 0.05) is 30.1 Å². The van der Waals surface area contributed by atoms with Crippen LogP contribution >= 0.6 is 23.1 Å². The molecule has 1 fully saturated rings. The van der Waals surface area contributed by atoms with Gasteiger partial charge in [0.1, 0.15) is 5.25 Å². The highest BCUT2D eigenvalue weighted by Gasteiger charge is 2.30. The van der Waals surface area contributed by atoms with E-state index in [-0.39, 0.29) is 23.0 Å². The molecule has 1 atom stereocenters. The highest BCUT2D eigenvalue weighted by molar-refractivity contribution is 8.00. The fourth-order valence-corrected chi connectivity index (χ4v) is 4.37. The molecule has 1 aromatic heterocycles. The topological polar surface area (TPSA) is 75.7 Å². The summed E-state index contributed by atoms with van der Waals surface area (Å²) in [6, 6.07) is 10.4. The zero-order valence-electron chi connectivity index (χ0n) is 14.1. The first-order chi connectivity index (χ1) is 12.6. The second-order valence-electron chi connectivity index (χ2n) is 5.65. The van der Waals surface area contributed by atoms with Crippen molar-refractivity contribution in [3.8, 4) is 0 Å². The van der Waals surface area contributed by atoms with E-state index >= 15 is 0 Å². The Morgan fingerprint density at radius 3 is 2.81 bits per heavy atom. The minimum atomic E-state index is -0.362. The predicted octanol–water partition coefficient (Wildman–Crippen LogP) is 2.73. The number of anilines is 1. The van der Waals surface area contributed by atoms with E-state index in [4.69, 9.17) is 4.74 Å². The van der Waals surface area contributed by atoms with Gasteiger partial charge in [0.05, 0.1) is 12.0 Å². The monoisotopic (exact) mass is 390 g/mol. The van der Waals surface area contributed by atoms with E-state index < -0.39 is 0 Å². The van der Waals surface area contributed by atoms with Gasteiger partial charge in [-0.3, -0.25) is 14.4 Å². The van der Waals surface area contributed by atoms with Crippen molar-refractivity contribution in [2.75, 3.05) is 31.3 Å². The maximum Gasteiger partial charge on any atom is 0.320 e. The first-order valence-electron chi connectivity index (χ1n) is 8.02. The number of amides is 2. The summed E-state index contributed by atoms with van der Waals surface area (Å²) in [6.45, 7) is 0.894. The Morgan fingerprint density at radius 1 is 1.23 bits per heavy atom. The standard InChI is InChI=1S/C18H18N2O4S2/c1-24-18(23)15-11-20(7-9-26-15)17(22)12-4-2-5-13(10-12)19-16(21)14-6-3-8-25-14/h2-6,8,10,15H,7,9,11H2,1H3,(H,19,21)/t15-/m1/s1. The van der Waals surface area contributed by atoms with Crippen LogP contribution in [0.3, 0.4) is 0 Å². The first-order valence-corrected chi connectivity index (χ1v) is 9.95. The van der Waals surface area contributed by atoms with E-state index in [1.165, 1.54) is 30.2 Å². The molecular weight excluding hydrogens is 372 g/mol. The van der Waals surface area contributed by atoms with Gasteiger partial charge in [0.25, 0.3) is 11.8 Å². The molecular formula is C18H18N2O4S2. The van der Waals surface area contributed by atoms with Gasteiger partial charge < -0.3 is 15.0 Å². The number of benzene rings is 1. The van der Waals surface area contributed by atoms with Crippen LogP contribution in [0.2, 0.25) is 0 Å². The van der Waals surface area contributed by atoms with Crippen molar-refractivity contribution in [2.45, 2.75) is 5.25 Å². The van der Waals surface area contributed by atoms with Crippen LogP contribution < -0.4 is 5.32 Å². The lowest BCUT2D eigenvalue weighted by Crippen LogP contribution is -2.44. The summed E-state index contributed by atoms with van der Waals surface area (Å²) < 4.78 is 4.78. The zero-order valence-corrected chi connectivity index (χ0v) is 15.8. The smallest absolute Gasteiger partial charge is 0.320 e. The largest absolute Gasteiger partial charge is 0.468 e. The molecule has 0 unspecified atom stereocenters. The highest BCUT2D eigenvalue weighted by atomic mass is 32.2. The number of thioether (sulfide) groups is 1. The van der Waals surface area contributed by atoms with Crippen LogP contribution in [-0.2, 0) is 9.53 Å². The highest BCUT2D eigenvalue weighted by Crippen LogP contribution is 2.22. The van der Waals surface area contributed by atoms with Crippen LogP contribution in [0.15, 0.2) is 41.8 Å². The number of methoxy groups -OCH3 is 1. The molecule has 0 bridgehead atoms. The number of ether oxygens (including phenoxy) is 1. The van der Waals surface area contributed by atoms with Crippen molar-refractivity contribution < 1.29 is 19.1 Å². The molecule has 0 saturated carbocycles. The molecule has 1 aromatic carbocycles. The molecule has 0 radical (unpaired) electrons. The van der Waals surface area contributed by atoms with Crippen molar-refractivity contribution in [1.29, 1.82) is 0 Å². The lowest BCUT2D eigenvalue weighted by atomic mass is 10.1. The van der Waals surface area contributed by atoms with E-state index in [9.17, 15) is 14.4 Å². The molecule has 136 valence electrons. The third kappa shape index (κ3) is 4.25. The maximum atomic E-state index is 12.8. The second-order valence-corrected chi connectivity index (χ2v) is 7.90. The number of carbonyl (C=O) groups excluding carboxylic acids is 3. The zero-order chi connectivity index (χ0) is 18.5. The summed E-state index contributed by atoms with van der Waals surface area (Å²) in [5.74, 6) is 0.000878. The average Bonchev–Trinajstić information content (AvgIpc) is 3.22. The number of carbonyl (C=O) groups is 3. The fourth-order valence-electron chi connectivity index (χ4n) is 2.62. The quantitative estimate of drug-likeness (QED) is 0.813. The number of rotatable bonds is 4. The molecule has 2 amide bonds. The van der Waals surface area contributed by atoms with Crippen LogP contribution in [0.4, 0.5) is 5.69 Å². The Bertz CT molecular complexity index is 807. The molecule has 3 rings (SSSR count). The van der Waals surface area contributed by atoms with Crippen LogP contribution in [0, 0.1) is 0 Å². The van der Waals surface area contributed by atoms with Gasteiger partial charge in [0.15, 0.2) is 0 Å². The molecule has 0 aliphatic carbocycles. The van der Waals surface area contributed by atoms with Crippen molar-refractivity contribution in [2.24, 2.45) is 0 Å². The molecule has 8 heteroatoms. The molecule has 2 aromatic rings. The minimum absolute atomic E-state index is 0.161. The average molecular weight is 390 g/mol. The van der Waals surface area contributed by atoms with E-state index in [1.54, 1.807) is 35.2 Å². The van der Waals surface area contributed by atoms with Gasteiger partial charge >= 0.3 is 5.97 Å². The number of nitrogens with one attached hydrogen (secondary N) is 1. The van der Waals surface area contributed by atoms with E-state index in [2.05, 4.69) is 5.32 Å². The number of hydrogen-bond acceptors (Lipinski definition) is 6. The van der Waals surface area contributed by atoms with Crippen LogP contribution in [-0.4, -0.2) is 53.9 Å². The van der Waals surface area contributed by atoms with Crippen LogP contribution in [0.1, 0.15) is 20.0 Å². The summed E-state index contributed by atoms with van der Waals surface area (Å²) in [5, 5.41) is 4.27. The summed E-state index contributed by atoms with van der Waals surface area (Å²) in [4.78, 5) is 38.9. The summed E-state index contributed by atoms with van der Waals surface area (Å²) in [7, 11) is 1.35. The predicted molar refractivity (Wildman–Crippen MR) is 103 cm³/mol. The normalized spacial score (nSPS) is 16.8. The number of thiophene rings is 1. The molecule has 1 N–H and O–H groups in total. The minimum Gasteiger partial charge on any atom is -0.468 e. The first kappa shape index (κ1) is 18.5. The molecule has 2 heterocycles. The Morgan fingerprint density at radius 2 is 2.08 bits per heavy atom.